The highest BCUT2D eigenvalue weighted by molar-refractivity contribution is 5.87. The molecular weight excluding hydrogens is 184 g/mol. The van der Waals surface area contributed by atoms with Crippen molar-refractivity contribution < 1.29 is 14.7 Å². The van der Waals surface area contributed by atoms with Gasteiger partial charge in [-0.1, -0.05) is 12.1 Å². The van der Waals surface area contributed by atoms with Crippen LogP contribution in [0.3, 0.4) is 0 Å². The Morgan fingerprint density at radius 1 is 1.29 bits per heavy atom. The summed E-state index contributed by atoms with van der Waals surface area (Å²) in [4.78, 5) is 21.3. The van der Waals surface area contributed by atoms with Gasteiger partial charge in [0.15, 0.2) is 0 Å². The standard InChI is InChI=1S/C9H10N2O3/c10-11-8(12)5-6-1-3-7(4-2-6)9(13)14/h1-4H,5,10H2,(H,11,12)(H,13,14). The first-order valence-corrected chi connectivity index (χ1v) is 3.95. The van der Waals surface area contributed by atoms with Crippen LogP contribution in [0.1, 0.15) is 15.9 Å². The van der Waals surface area contributed by atoms with E-state index in [4.69, 9.17) is 10.9 Å². The number of carbonyl (C=O) groups is 2. The number of hydrazine groups is 1. The van der Waals surface area contributed by atoms with Gasteiger partial charge in [0.25, 0.3) is 0 Å². The van der Waals surface area contributed by atoms with Crippen LogP contribution in [0, 0.1) is 0 Å². The molecule has 1 aromatic carbocycles. The summed E-state index contributed by atoms with van der Waals surface area (Å²) >= 11 is 0. The minimum absolute atomic E-state index is 0.149. The van der Waals surface area contributed by atoms with Crippen LogP contribution in [0.25, 0.3) is 0 Å². The number of hydrogen-bond donors (Lipinski definition) is 3. The van der Waals surface area contributed by atoms with E-state index in [1.807, 2.05) is 5.43 Å². The molecule has 1 aromatic rings. The smallest absolute Gasteiger partial charge is 0.335 e. The van der Waals surface area contributed by atoms with E-state index in [1.165, 1.54) is 12.1 Å². The number of rotatable bonds is 3. The summed E-state index contributed by atoms with van der Waals surface area (Å²) in [6.45, 7) is 0. The molecule has 0 aliphatic rings. The normalized spacial score (nSPS) is 9.50. The second-order valence-corrected chi connectivity index (χ2v) is 2.75. The fourth-order valence-electron chi connectivity index (χ4n) is 1.00. The van der Waals surface area contributed by atoms with Gasteiger partial charge in [-0.05, 0) is 17.7 Å². The first-order chi connectivity index (χ1) is 6.63. The van der Waals surface area contributed by atoms with Crippen LogP contribution in [0.2, 0.25) is 0 Å². The lowest BCUT2D eigenvalue weighted by atomic mass is 10.1. The summed E-state index contributed by atoms with van der Waals surface area (Å²) in [5.74, 6) is 3.61. The second-order valence-electron chi connectivity index (χ2n) is 2.75. The number of benzene rings is 1. The fourth-order valence-corrected chi connectivity index (χ4v) is 1.00. The number of nitrogens with one attached hydrogen (secondary N) is 1. The molecule has 0 saturated carbocycles. The molecular formula is C9H10N2O3. The van der Waals surface area contributed by atoms with Gasteiger partial charge in [-0.3, -0.25) is 10.2 Å². The number of carbonyl (C=O) groups excluding carboxylic acids is 1. The molecule has 0 radical (unpaired) electrons. The molecule has 74 valence electrons. The van der Waals surface area contributed by atoms with Crippen LogP contribution in [0.4, 0.5) is 0 Å². The monoisotopic (exact) mass is 194 g/mol. The first kappa shape index (κ1) is 10.2. The maximum atomic E-state index is 10.8. The van der Waals surface area contributed by atoms with E-state index in [-0.39, 0.29) is 17.9 Å². The van der Waals surface area contributed by atoms with Crippen LogP contribution >= 0.6 is 0 Å². The molecule has 14 heavy (non-hydrogen) atoms. The summed E-state index contributed by atoms with van der Waals surface area (Å²) < 4.78 is 0. The minimum Gasteiger partial charge on any atom is -0.478 e. The van der Waals surface area contributed by atoms with Crippen molar-refractivity contribution in [2.45, 2.75) is 6.42 Å². The van der Waals surface area contributed by atoms with Gasteiger partial charge in [0.2, 0.25) is 5.91 Å². The van der Waals surface area contributed by atoms with Crippen molar-refractivity contribution in [3.63, 3.8) is 0 Å². The van der Waals surface area contributed by atoms with Crippen LogP contribution in [0.15, 0.2) is 24.3 Å². The largest absolute Gasteiger partial charge is 0.478 e. The molecule has 0 aliphatic heterocycles. The van der Waals surface area contributed by atoms with Gasteiger partial charge in [-0.25, -0.2) is 10.6 Å². The zero-order valence-electron chi connectivity index (χ0n) is 7.36. The zero-order chi connectivity index (χ0) is 10.6. The molecule has 0 heterocycles. The predicted octanol–water partition coefficient (Wildman–Crippen LogP) is -0.0828. The molecule has 0 bridgehead atoms. The zero-order valence-corrected chi connectivity index (χ0v) is 7.36. The van der Waals surface area contributed by atoms with E-state index in [9.17, 15) is 9.59 Å². The van der Waals surface area contributed by atoms with Crippen LogP contribution in [0.5, 0.6) is 0 Å². The Bertz CT molecular complexity index is 346. The lowest BCUT2D eigenvalue weighted by Gasteiger charge is -2.00. The van der Waals surface area contributed by atoms with Crippen molar-refractivity contribution in [1.82, 2.24) is 5.43 Å². The predicted molar refractivity (Wildman–Crippen MR) is 49.4 cm³/mol. The molecule has 0 unspecified atom stereocenters. The topological polar surface area (TPSA) is 92.4 Å². The van der Waals surface area contributed by atoms with E-state index in [0.29, 0.717) is 0 Å². The van der Waals surface area contributed by atoms with Gasteiger partial charge in [-0.15, -0.1) is 0 Å². The molecule has 0 saturated heterocycles. The van der Waals surface area contributed by atoms with Gasteiger partial charge in [0, 0.05) is 0 Å². The van der Waals surface area contributed by atoms with Crippen molar-refractivity contribution >= 4 is 11.9 Å². The van der Waals surface area contributed by atoms with Crippen molar-refractivity contribution in [1.29, 1.82) is 0 Å². The number of carboxylic acids is 1. The third-order valence-electron chi connectivity index (χ3n) is 1.73. The van der Waals surface area contributed by atoms with E-state index < -0.39 is 5.97 Å². The molecule has 4 N–H and O–H groups in total. The summed E-state index contributed by atoms with van der Waals surface area (Å²) in [5.41, 5.74) is 2.91. The van der Waals surface area contributed by atoms with Crippen LogP contribution in [-0.2, 0) is 11.2 Å². The maximum absolute atomic E-state index is 10.8. The Kier molecular flexibility index (Phi) is 3.19. The number of aromatic carboxylic acids is 1. The van der Waals surface area contributed by atoms with Gasteiger partial charge < -0.3 is 5.11 Å². The third-order valence-corrected chi connectivity index (χ3v) is 1.73. The van der Waals surface area contributed by atoms with Crippen molar-refractivity contribution in [3.8, 4) is 0 Å². The lowest BCUT2D eigenvalue weighted by molar-refractivity contribution is -0.120. The third kappa shape index (κ3) is 2.56. The Morgan fingerprint density at radius 3 is 2.29 bits per heavy atom. The quantitative estimate of drug-likeness (QED) is 0.356. The highest BCUT2D eigenvalue weighted by atomic mass is 16.4. The molecule has 0 aliphatic carbocycles. The molecule has 1 rings (SSSR count). The summed E-state index contributed by atoms with van der Waals surface area (Å²) in [7, 11) is 0. The van der Waals surface area contributed by atoms with Crippen molar-refractivity contribution in [2.24, 2.45) is 5.84 Å². The Balaban J connectivity index is 2.73. The molecule has 1 amide bonds. The average Bonchev–Trinajstić information content (AvgIpc) is 2.18. The average molecular weight is 194 g/mol. The van der Waals surface area contributed by atoms with Crippen molar-refractivity contribution in [2.75, 3.05) is 0 Å². The van der Waals surface area contributed by atoms with E-state index in [1.54, 1.807) is 12.1 Å². The second kappa shape index (κ2) is 4.38. The van der Waals surface area contributed by atoms with Crippen molar-refractivity contribution in [3.05, 3.63) is 35.4 Å². The number of amides is 1. The first-order valence-electron chi connectivity index (χ1n) is 3.95. The number of carboxylic acid groups (broad SMARTS) is 1. The van der Waals surface area contributed by atoms with Gasteiger partial charge >= 0.3 is 5.97 Å². The maximum Gasteiger partial charge on any atom is 0.335 e. The van der Waals surface area contributed by atoms with E-state index in [2.05, 4.69) is 0 Å². The highest BCUT2D eigenvalue weighted by Crippen LogP contribution is 2.04. The highest BCUT2D eigenvalue weighted by Gasteiger charge is 2.04. The Hall–Kier alpha value is -1.88. The summed E-state index contributed by atoms with van der Waals surface area (Å²) in [6, 6.07) is 6.06. The summed E-state index contributed by atoms with van der Waals surface area (Å²) in [5, 5.41) is 8.60. The van der Waals surface area contributed by atoms with Gasteiger partial charge in [0.1, 0.15) is 0 Å². The molecule has 0 aromatic heterocycles. The van der Waals surface area contributed by atoms with E-state index >= 15 is 0 Å². The van der Waals surface area contributed by atoms with Gasteiger partial charge in [-0.2, -0.15) is 0 Å². The molecule has 5 nitrogen and oxygen atoms in total. The number of nitrogens with two attached hydrogens (primary N) is 1. The molecule has 5 heteroatoms. The minimum atomic E-state index is -0.986. The summed E-state index contributed by atoms with van der Waals surface area (Å²) in [6.07, 6.45) is 0.149. The molecule has 0 atom stereocenters. The Morgan fingerprint density at radius 2 is 1.86 bits per heavy atom. The SMILES string of the molecule is NNC(=O)Cc1ccc(C(=O)O)cc1. The van der Waals surface area contributed by atoms with Gasteiger partial charge in [0.05, 0.1) is 12.0 Å². The Labute approximate surface area is 80.5 Å². The van der Waals surface area contributed by atoms with Crippen LogP contribution < -0.4 is 11.3 Å². The van der Waals surface area contributed by atoms with Crippen LogP contribution in [-0.4, -0.2) is 17.0 Å². The number of hydrogen-bond acceptors (Lipinski definition) is 3. The fraction of sp³-hybridized carbons (Fsp3) is 0.111. The molecule has 0 spiro atoms. The van der Waals surface area contributed by atoms with E-state index in [0.717, 1.165) is 5.56 Å². The molecule has 0 fully saturated rings. The lowest BCUT2D eigenvalue weighted by Crippen LogP contribution is -2.31.